The van der Waals surface area contributed by atoms with Crippen molar-refractivity contribution in [3.63, 3.8) is 0 Å². The zero-order valence-electron chi connectivity index (χ0n) is 9.73. The lowest BCUT2D eigenvalue weighted by molar-refractivity contribution is -0.141. The lowest BCUT2D eigenvalue weighted by atomic mass is 9.99. The molecule has 6 heteroatoms. The molecule has 0 aliphatic carbocycles. The summed E-state index contributed by atoms with van der Waals surface area (Å²) in [6.07, 6.45) is -2.74. The molecule has 2 rings (SSSR count). The molecule has 1 aliphatic rings. The first-order valence-electron chi connectivity index (χ1n) is 5.50. The van der Waals surface area contributed by atoms with E-state index >= 15 is 0 Å². The number of nitrogens with one attached hydrogen (secondary N) is 1. The first-order valence-corrected chi connectivity index (χ1v) is 5.50. The molecule has 2 heterocycles. The Morgan fingerprint density at radius 1 is 1.35 bits per heavy atom. The Morgan fingerprint density at radius 2 is 2.06 bits per heavy atom. The van der Waals surface area contributed by atoms with Crippen molar-refractivity contribution >= 4 is 0 Å². The number of alkyl halides is 3. The molecule has 0 amide bonds. The third-order valence-electron chi connectivity index (χ3n) is 3.01. The van der Waals surface area contributed by atoms with Gasteiger partial charge in [0.05, 0.1) is 5.54 Å². The van der Waals surface area contributed by atoms with Gasteiger partial charge in [-0.1, -0.05) is 0 Å². The molecule has 1 N–H and O–H groups in total. The van der Waals surface area contributed by atoms with Crippen LogP contribution in [-0.2, 0) is 11.7 Å². The van der Waals surface area contributed by atoms with Crippen molar-refractivity contribution in [2.45, 2.75) is 38.4 Å². The van der Waals surface area contributed by atoms with E-state index in [1.54, 1.807) is 6.92 Å². The monoisotopic (exact) mass is 245 g/mol. The topological polar surface area (TPSA) is 37.8 Å². The fraction of sp³-hybridized carbons (Fsp3) is 0.636. The Kier molecular flexibility index (Phi) is 2.85. The predicted octanol–water partition coefficient (Wildman–Crippen LogP) is 2.40. The minimum atomic E-state index is -4.42. The second kappa shape index (κ2) is 3.94. The maximum absolute atomic E-state index is 12.6. The molecule has 0 aromatic carbocycles. The van der Waals surface area contributed by atoms with Crippen LogP contribution in [0.4, 0.5) is 13.2 Å². The normalized spacial score (nSPS) is 25.2. The summed E-state index contributed by atoms with van der Waals surface area (Å²) in [6.45, 7) is 4.18. The second-order valence-corrected chi connectivity index (χ2v) is 4.58. The molecule has 17 heavy (non-hydrogen) atoms. The van der Waals surface area contributed by atoms with Gasteiger partial charge in [0.1, 0.15) is 11.5 Å². The van der Waals surface area contributed by atoms with Crippen molar-refractivity contribution in [3.8, 4) is 0 Å². The average Bonchev–Trinajstić information content (AvgIpc) is 2.64. The third-order valence-corrected chi connectivity index (χ3v) is 3.01. The molecule has 1 aromatic rings. The highest BCUT2D eigenvalue weighted by Crippen LogP contribution is 2.32. The van der Waals surface area contributed by atoms with Crippen molar-refractivity contribution in [1.82, 2.24) is 15.3 Å². The van der Waals surface area contributed by atoms with Crippen molar-refractivity contribution in [1.29, 1.82) is 0 Å². The number of aryl methyl sites for hydroxylation is 1. The maximum Gasteiger partial charge on any atom is 0.433 e. The van der Waals surface area contributed by atoms with Gasteiger partial charge in [0.2, 0.25) is 0 Å². The third kappa shape index (κ3) is 2.41. The first-order chi connectivity index (χ1) is 7.81. The molecule has 1 atom stereocenters. The van der Waals surface area contributed by atoms with E-state index in [-0.39, 0.29) is 5.82 Å². The Labute approximate surface area is 97.5 Å². The standard InChI is InChI=1S/C11H14F3N3/c1-7-6-8(11(12,13)14)17-9(16-7)10(2)4-3-5-15-10/h6,15H,3-5H2,1-2H3. The number of aromatic nitrogens is 2. The minimum absolute atomic E-state index is 0.238. The van der Waals surface area contributed by atoms with Crippen LogP contribution in [0.2, 0.25) is 0 Å². The fourth-order valence-electron chi connectivity index (χ4n) is 2.05. The summed E-state index contributed by atoms with van der Waals surface area (Å²) < 4.78 is 37.9. The van der Waals surface area contributed by atoms with Gasteiger partial charge in [-0.25, -0.2) is 9.97 Å². The molecule has 0 saturated carbocycles. The molecule has 1 saturated heterocycles. The van der Waals surface area contributed by atoms with Crippen LogP contribution in [0.5, 0.6) is 0 Å². The zero-order chi connectivity index (χ0) is 12.7. The van der Waals surface area contributed by atoms with E-state index in [9.17, 15) is 13.2 Å². The van der Waals surface area contributed by atoms with Crippen LogP contribution in [0.3, 0.4) is 0 Å². The molecule has 1 unspecified atom stereocenters. The number of hydrogen-bond donors (Lipinski definition) is 1. The molecule has 1 fully saturated rings. The molecule has 1 aromatic heterocycles. The molecular weight excluding hydrogens is 231 g/mol. The molecule has 3 nitrogen and oxygen atoms in total. The zero-order valence-corrected chi connectivity index (χ0v) is 9.73. The molecule has 94 valence electrons. The maximum atomic E-state index is 12.6. The first kappa shape index (κ1) is 12.3. The van der Waals surface area contributed by atoms with Crippen LogP contribution in [0.25, 0.3) is 0 Å². The van der Waals surface area contributed by atoms with Gasteiger partial charge in [0, 0.05) is 5.69 Å². The van der Waals surface area contributed by atoms with Crippen LogP contribution in [0.15, 0.2) is 6.07 Å². The lowest BCUT2D eigenvalue weighted by Gasteiger charge is -2.23. The van der Waals surface area contributed by atoms with E-state index < -0.39 is 17.4 Å². The van der Waals surface area contributed by atoms with Crippen molar-refractivity contribution < 1.29 is 13.2 Å². The van der Waals surface area contributed by atoms with Crippen LogP contribution in [0, 0.1) is 6.92 Å². The van der Waals surface area contributed by atoms with Gasteiger partial charge in [-0.15, -0.1) is 0 Å². The highest BCUT2D eigenvalue weighted by Gasteiger charge is 2.38. The average molecular weight is 245 g/mol. The minimum Gasteiger partial charge on any atom is -0.305 e. The second-order valence-electron chi connectivity index (χ2n) is 4.58. The number of nitrogens with zero attached hydrogens (tertiary/aromatic N) is 2. The molecule has 0 spiro atoms. The van der Waals surface area contributed by atoms with E-state index in [4.69, 9.17) is 0 Å². The van der Waals surface area contributed by atoms with Crippen LogP contribution in [0.1, 0.15) is 37.0 Å². The van der Waals surface area contributed by atoms with Crippen molar-refractivity contribution in [3.05, 3.63) is 23.3 Å². The molecule has 0 radical (unpaired) electrons. The van der Waals surface area contributed by atoms with Gasteiger partial charge in [0.15, 0.2) is 0 Å². The lowest BCUT2D eigenvalue weighted by Crippen LogP contribution is -2.36. The van der Waals surface area contributed by atoms with Gasteiger partial charge < -0.3 is 5.32 Å². The van der Waals surface area contributed by atoms with Crippen LogP contribution in [-0.4, -0.2) is 16.5 Å². The Morgan fingerprint density at radius 3 is 2.59 bits per heavy atom. The Balaban J connectivity index is 2.45. The van der Waals surface area contributed by atoms with Crippen molar-refractivity contribution in [2.75, 3.05) is 6.54 Å². The van der Waals surface area contributed by atoms with E-state index in [2.05, 4.69) is 15.3 Å². The van der Waals surface area contributed by atoms with E-state index in [1.165, 1.54) is 0 Å². The van der Waals surface area contributed by atoms with Gasteiger partial charge in [0.25, 0.3) is 0 Å². The number of rotatable bonds is 1. The van der Waals surface area contributed by atoms with Gasteiger partial charge in [-0.05, 0) is 39.3 Å². The van der Waals surface area contributed by atoms with E-state index in [1.807, 2.05) is 6.92 Å². The summed E-state index contributed by atoms with van der Waals surface area (Å²) in [6, 6.07) is 0.974. The van der Waals surface area contributed by atoms with E-state index in [0.717, 1.165) is 25.5 Å². The SMILES string of the molecule is Cc1cc(C(F)(F)F)nc(C2(C)CCCN2)n1. The summed E-state index contributed by atoms with van der Waals surface area (Å²) in [5.74, 6) is 0.238. The summed E-state index contributed by atoms with van der Waals surface area (Å²) in [5, 5.41) is 3.16. The quantitative estimate of drug-likeness (QED) is 0.825. The van der Waals surface area contributed by atoms with Gasteiger partial charge >= 0.3 is 6.18 Å². The summed E-state index contributed by atoms with van der Waals surface area (Å²) in [5.41, 5.74) is -1.06. The van der Waals surface area contributed by atoms with Gasteiger partial charge in [-0.3, -0.25) is 0 Å². The highest BCUT2D eigenvalue weighted by molar-refractivity contribution is 5.17. The van der Waals surface area contributed by atoms with Crippen LogP contribution < -0.4 is 5.32 Å². The van der Waals surface area contributed by atoms with Crippen molar-refractivity contribution in [2.24, 2.45) is 0 Å². The summed E-state index contributed by atoms with van der Waals surface area (Å²) in [4.78, 5) is 7.79. The summed E-state index contributed by atoms with van der Waals surface area (Å²) in [7, 11) is 0. The molecule has 0 bridgehead atoms. The Bertz CT molecular complexity index is 422. The van der Waals surface area contributed by atoms with Gasteiger partial charge in [-0.2, -0.15) is 13.2 Å². The van der Waals surface area contributed by atoms with E-state index in [0.29, 0.717) is 5.69 Å². The largest absolute Gasteiger partial charge is 0.433 e. The summed E-state index contributed by atoms with van der Waals surface area (Å²) >= 11 is 0. The highest BCUT2D eigenvalue weighted by atomic mass is 19.4. The molecule has 1 aliphatic heterocycles. The smallest absolute Gasteiger partial charge is 0.305 e. The number of hydrogen-bond acceptors (Lipinski definition) is 3. The van der Waals surface area contributed by atoms with Crippen LogP contribution >= 0.6 is 0 Å². The predicted molar refractivity (Wildman–Crippen MR) is 56.4 cm³/mol. The molecular formula is C11H14F3N3. The fourth-order valence-corrected chi connectivity index (χ4v) is 2.05. The Hall–Kier alpha value is -1.17. The number of halogens is 3.